The first kappa shape index (κ1) is 25.8. The van der Waals surface area contributed by atoms with Crippen LogP contribution >= 0.6 is 0 Å². The number of hydrogen-bond donors (Lipinski definition) is 0. The van der Waals surface area contributed by atoms with Gasteiger partial charge in [-0.2, -0.15) is 0 Å². The van der Waals surface area contributed by atoms with E-state index in [9.17, 15) is 0 Å². The van der Waals surface area contributed by atoms with Crippen molar-refractivity contribution in [2.45, 2.75) is 0 Å². The molecule has 8 aromatic rings. The van der Waals surface area contributed by atoms with Crippen molar-refractivity contribution in [3.05, 3.63) is 164 Å². The van der Waals surface area contributed by atoms with Crippen LogP contribution in [0.2, 0.25) is 0 Å². The summed E-state index contributed by atoms with van der Waals surface area (Å²) in [5, 5.41) is 4.66. The van der Waals surface area contributed by atoms with E-state index in [0.717, 1.165) is 55.5 Å². The minimum atomic E-state index is 0.700. The number of nitrogens with zero attached hydrogens (tertiary/aromatic N) is 3. The van der Waals surface area contributed by atoms with Crippen molar-refractivity contribution in [1.29, 1.82) is 0 Å². The van der Waals surface area contributed by atoms with Gasteiger partial charge in [0.25, 0.3) is 0 Å². The molecule has 0 unspecified atom stereocenters. The lowest BCUT2D eigenvalue weighted by atomic mass is 9.97. The van der Waals surface area contributed by atoms with Crippen LogP contribution in [0.25, 0.3) is 77.7 Å². The molecule has 0 aliphatic rings. The Hall–Kier alpha value is -5.93. The van der Waals surface area contributed by atoms with Gasteiger partial charge in [0, 0.05) is 40.0 Å². The van der Waals surface area contributed by atoms with Crippen molar-refractivity contribution in [2.75, 3.05) is 0 Å². The molecule has 0 spiro atoms. The van der Waals surface area contributed by atoms with E-state index >= 15 is 0 Å². The van der Waals surface area contributed by atoms with E-state index < -0.39 is 0 Å². The molecule has 0 atom stereocenters. The molecule has 0 saturated carbocycles. The first-order valence-corrected chi connectivity index (χ1v) is 14.8. The third-order valence-corrected chi connectivity index (χ3v) is 8.14. The predicted molar refractivity (Wildman–Crippen MR) is 182 cm³/mol. The Morgan fingerprint density at radius 3 is 1.75 bits per heavy atom. The largest absolute Gasteiger partial charge is 0.263 e. The highest BCUT2D eigenvalue weighted by Crippen LogP contribution is 2.34. The molecule has 0 amide bonds. The summed E-state index contributed by atoms with van der Waals surface area (Å²) in [7, 11) is 0. The summed E-state index contributed by atoms with van der Waals surface area (Å²) < 4.78 is 0. The van der Waals surface area contributed by atoms with Gasteiger partial charge in [-0.1, -0.05) is 127 Å². The molecule has 0 fully saturated rings. The zero-order chi connectivity index (χ0) is 29.3. The van der Waals surface area contributed by atoms with Crippen LogP contribution in [0, 0.1) is 0 Å². The third kappa shape index (κ3) is 4.91. The maximum Gasteiger partial charge on any atom is 0.160 e. The minimum Gasteiger partial charge on any atom is -0.263 e. The van der Waals surface area contributed by atoms with Gasteiger partial charge in [0.1, 0.15) is 0 Å². The average molecular weight is 562 g/mol. The van der Waals surface area contributed by atoms with Crippen LogP contribution in [-0.4, -0.2) is 15.0 Å². The van der Waals surface area contributed by atoms with Crippen molar-refractivity contribution in [2.24, 2.45) is 0 Å². The maximum absolute atomic E-state index is 5.16. The minimum absolute atomic E-state index is 0.700. The molecular formula is C41H27N3. The quantitative estimate of drug-likeness (QED) is 0.210. The maximum atomic E-state index is 5.16. The molecule has 2 heterocycles. The summed E-state index contributed by atoms with van der Waals surface area (Å²) in [6.07, 6.45) is 3.86. The van der Waals surface area contributed by atoms with Gasteiger partial charge in [0.05, 0.1) is 11.4 Å². The molecule has 0 saturated heterocycles. The SMILES string of the molecule is c1ccc(-c2cccc(-c3cc(-c4cccc(-c5cncc6ccccc56)c4)nc(-c4ccc5ccccc5c4)n3)c2)cc1. The fourth-order valence-electron chi connectivity index (χ4n) is 5.88. The highest BCUT2D eigenvalue weighted by Gasteiger charge is 2.13. The van der Waals surface area contributed by atoms with Crippen molar-refractivity contribution in [3.8, 4) is 56.2 Å². The first-order chi connectivity index (χ1) is 21.8. The van der Waals surface area contributed by atoms with Gasteiger partial charge in [-0.15, -0.1) is 0 Å². The molecule has 6 aromatic carbocycles. The third-order valence-electron chi connectivity index (χ3n) is 8.14. The number of hydrogen-bond acceptors (Lipinski definition) is 3. The second-order valence-corrected chi connectivity index (χ2v) is 11.0. The van der Waals surface area contributed by atoms with Gasteiger partial charge in [0.15, 0.2) is 5.82 Å². The Bertz CT molecular complexity index is 2280. The molecular weight excluding hydrogens is 534 g/mol. The average Bonchev–Trinajstić information content (AvgIpc) is 3.11. The number of fused-ring (bicyclic) bond motifs is 2. The molecule has 0 radical (unpaired) electrons. The van der Waals surface area contributed by atoms with Crippen LogP contribution in [0.5, 0.6) is 0 Å². The second-order valence-electron chi connectivity index (χ2n) is 11.0. The molecule has 206 valence electrons. The Morgan fingerprint density at radius 2 is 0.955 bits per heavy atom. The lowest BCUT2D eigenvalue weighted by molar-refractivity contribution is 1.18. The molecule has 44 heavy (non-hydrogen) atoms. The standard InChI is InChI=1S/C41H27N3/c1-2-10-28(11-3-1)31-15-8-17-33(22-31)39-25-40(44-41(43-39)35-21-20-29-12-4-5-13-30(29)23-35)34-18-9-16-32(24-34)38-27-42-26-36-14-6-7-19-37(36)38/h1-27H. The van der Waals surface area contributed by atoms with E-state index in [1.165, 1.54) is 16.3 Å². The summed E-state index contributed by atoms with van der Waals surface area (Å²) in [5.74, 6) is 0.700. The fraction of sp³-hybridized carbons (Fsp3) is 0. The Labute approximate surface area is 256 Å². The molecule has 3 heteroatoms. The van der Waals surface area contributed by atoms with Gasteiger partial charge in [-0.3, -0.25) is 4.98 Å². The number of pyridine rings is 1. The van der Waals surface area contributed by atoms with Crippen LogP contribution in [0.4, 0.5) is 0 Å². The summed E-state index contributed by atoms with van der Waals surface area (Å²) in [4.78, 5) is 14.8. The van der Waals surface area contributed by atoms with Crippen molar-refractivity contribution >= 4 is 21.5 Å². The highest BCUT2D eigenvalue weighted by atomic mass is 14.9. The van der Waals surface area contributed by atoms with Crippen LogP contribution in [-0.2, 0) is 0 Å². The Kier molecular flexibility index (Phi) is 6.47. The molecule has 0 N–H and O–H groups in total. The lowest BCUT2D eigenvalue weighted by Gasteiger charge is -2.12. The summed E-state index contributed by atoms with van der Waals surface area (Å²) in [5.41, 5.74) is 9.35. The van der Waals surface area contributed by atoms with E-state index in [1.54, 1.807) is 0 Å². The molecule has 3 nitrogen and oxygen atoms in total. The predicted octanol–water partition coefficient (Wildman–Crippen LogP) is 10.5. The molecule has 0 bridgehead atoms. The van der Waals surface area contributed by atoms with Crippen molar-refractivity contribution in [1.82, 2.24) is 15.0 Å². The van der Waals surface area contributed by atoms with Crippen molar-refractivity contribution < 1.29 is 0 Å². The fourth-order valence-corrected chi connectivity index (χ4v) is 5.88. The van der Waals surface area contributed by atoms with E-state index in [4.69, 9.17) is 9.97 Å². The molecule has 0 aliphatic heterocycles. The summed E-state index contributed by atoms with van der Waals surface area (Å²) >= 11 is 0. The van der Waals surface area contributed by atoms with E-state index in [-0.39, 0.29) is 0 Å². The zero-order valence-electron chi connectivity index (χ0n) is 23.9. The van der Waals surface area contributed by atoms with Gasteiger partial charge in [-0.25, -0.2) is 9.97 Å². The van der Waals surface area contributed by atoms with Crippen LogP contribution < -0.4 is 0 Å². The first-order valence-electron chi connectivity index (χ1n) is 14.8. The van der Waals surface area contributed by atoms with Crippen LogP contribution in [0.15, 0.2) is 164 Å². The van der Waals surface area contributed by atoms with Gasteiger partial charge < -0.3 is 0 Å². The van der Waals surface area contributed by atoms with E-state index in [0.29, 0.717) is 5.82 Å². The number of aromatic nitrogens is 3. The normalized spacial score (nSPS) is 11.2. The second kappa shape index (κ2) is 11.0. The van der Waals surface area contributed by atoms with Crippen molar-refractivity contribution in [3.63, 3.8) is 0 Å². The molecule has 2 aromatic heterocycles. The van der Waals surface area contributed by atoms with Gasteiger partial charge in [0.2, 0.25) is 0 Å². The van der Waals surface area contributed by atoms with E-state index in [2.05, 4.69) is 145 Å². The Morgan fingerprint density at radius 1 is 0.341 bits per heavy atom. The molecule has 8 rings (SSSR count). The highest BCUT2D eigenvalue weighted by molar-refractivity contribution is 5.96. The van der Waals surface area contributed by atoms with Crippen LogP contribution in [0.1, 0.15) is 0 Å². The van der Waals surface area contributed by atoms with Gasteiger partial charge in [-0.05, 0) is 57.1 Å². The summed E-state index contributed by atoms with van der Waals surface area (Å²) in [6, 6.07) is 52.9. The topological polar surface area (TPSA) is 38.7 Å². The monoisotopic (exact) mass is 561 g/mol. The zero-order valence-corrected chi connectivity index (χ0v) is 23.9. The summed E-state index contributed by atoms with van der Waals surface area (Å²) in [6.45, 7) is 0. The Balaban J connectivity index is 1.30. The lowest BCUT2D eigenvalue weighted by Crippen LogP contribution is -1.96. The van der Waals surface area contributed by atoms with Gasteiger partial charge >= 0.3 is 0 Å². The number of rotatable bonds is 5. The number of benzene rings is 6. The smallest absolute Gasteiger partial charge is 0.160 e. The molecule has 0 aliphatic carbocycles. The van der Waals surface area contributed by atoms with Crippen LogP contribution in [0.3, 0.4) is 0 Å². The van der Waals surface area contributed by atoms with E-state index in [1.807, 2.05) is 24.5 Å².